The smallest absolute Gasteiger partial charge is 0.223 e. The molecular weight excluding hydrogens is 164 g/mol. The third-order valence-electron chi connectivity index (χ3n) is 2.44. The van der Waals surface area contributed by atoms with Crippen LogP contribution in [-0.2, 0) is 4.79 Å². The normalized spacial score (nSPS) is 20.9. The first-order valence-electron chi connectivity index (χ1n) is 5.06. The predicted octanol–water partition coefficient (Wildman–Crippen LogP) is 0.806. The van der Waals surface area contributed by atoms with Crippen LogP contribution in [0.15, 0.2) is 0 Å². The molecule has 0 N–H and O–H groups in total. The Balaban J connectivity index is 2.40. The molecule has 0 radical (unpaired) electrons. The Kier molecular flexibility index (Phi) is 3.72. The molecule has 0 atom stereocenters. The number of carbonyl (C=O) groups is 1. The van der Waals surface area contributed by atoms with E-state index in [1.54, 1.807) is 0 Å². The highest BCUT2D eigenvalue weighted by Crippen LogP contribution is 2.05. The molecule has 1 aliphatic rings. The van der Waals surface area contributed by atoms with Crippen molar-refractivity contribution in [2.75, 3.05) is 33.2 Å². The van der Waals surface area contributed by atoms with Crippen molar-refractivity contribution in [3.63, 3.8) is 0 Å². The molecule has 76 valence electrons. The lowest BCUT2D eigenvalue weighted by atomic mass is 10.2. The minimum absolute atomic E-state index is 0.284. The van der Waals surface area contributed by atoms with Gasteiger partial charge < -0.3 is 9.80 Å². The van der Waals surface area contributed by atoms with Crippen LogP contribution < -0.4 is 0 Å². The monoisotopic (exact) mass is 184 g/mol. The number of hydrogen-bond donors (Lipinski definition) is 0. The molecule has 0 saturated carbocycles. The molecule has 1 fully saturated rings. The summed E-state index contributed by atoms with van der Waals surface area (Å²) in [6, 6.07) is 0. The zero-order chi connectivity index (χ0) is 9.84. The van der Waals surface area contributed by atoms with Gasteiger partial charge in [-0.15, -0.1) is 0 Å². The highest BCUT2D eigenvalue weighted by Gasteiger charge is 2.17. The molecule has 1 saturated heterocycles. The van der Waals surface area contributed by atoms with Crippen LogP contribution in [-0.4, -0.2) is 48.9 Å². The molecule has 3 nitrogen and oxygen atoms in total. The molecule has 0 aromatic heterocycles. The summed E-state index contributed by atoms with van der Waals surface area (Å²) in [4.78, 5) is 15.6. The van der Waals surface area contributed by atoms with Gasteiger partial charge in [0.2, 0.25) is 5.91 Å². The second-order valence-electron chi connectivity index (χ2n) is 4.26. The Hall–Kier alpha value is -0.570. The van der Waals surface area contributed by atoms with Gasteiger partial charge >= 0.3 is 0 Å². The van der Waals surface area contributed by atoms with Gasteiger partial charge in [0.05, 0.1) is 0 Å². The molecule has 0 unspecified atom stereocenters. The van der Waals surface area contributed by atoms with Crippen LogP contribution >= 0.6 is 0 Å². The number of rotatable bonds is 2. The maximum atomic E-state index is 11.3. The summed E-state index contributed by atoms with van der Waals surface area (Å²) >= 11 is 0. The molecule has 0 aromatic rings. The van der Waals surface area contributed by atoms with Gasteiger partial charge in [-0.05, 0) is 5.92 Å². The van der Waals surface area contributed by atoms with E-state index in [0.717, 1.165) is 26.2 Å². The fourth-order valence-corrected chi connectivity index (χ4v) is 1.67. The molecule has 0 bridgehead atoms. The largest absolute Gasteiger partial charge is 0.344 e. The van der Waals surface area contributed by atoms with Crippen LogP contribution in [0.4, 0.5) is 0 Å². The molecule has 13 heavy (non-hydrogen) atoms. The number of nitrogens with zero attached hydrogens (tertiary/aromatic N) is 2. The van der Waals surface area contributed by atoms with Crippen LogP contribution in [0.1, 0.15) is 20.3 Å². The first-order chi connectivity index (χ1) is 6.09. The van der Waals surface area contributed by atoms with Gasteiger partial charge in [0, 0.05) is 39.6 Å². The van der Waals surface area contributed by atoms with Gasteiger partial charge in [-0.3, -0.25) is 4.79 Å². The highest BCUT2D eigenvalue weighted by molar-refractivity contribution is 5.76. The molecule has 1 heterocycles. The van der Waals surface area contributed by atoms with Crippen molar-refractivity contribution < 1.29 is 4.79 Å². The van der Waals surface area contributed by atoms with Gasteiger partial charge in [0.25, 0.3) is 0 Å². The summed E-state index contributed by atoms with van der Waals surface area (Å²) in [7, 11) is 1.89. The van der Waals surface area contributed by atoms with Crippen molar-refractivity contribution >= 4 is 5.91 Å². The van der Waals surface area contributed by atoms with E-state index in [2.05, 4.69) is 18.7 Å². The zero-order valence-corrected chi connectivity index (χ0v) is 8.92. The van der Waals surface area contributed by atoms with Gasteiger partial charge in [-0.25, -0.2) is 0 Å². The topological polar surface area (TPSA) is 23.6 Å². The van der Waals surface area contributed by atoms with Crippen molar-refractivity contribution in [1.29, 1.82) is 0 Å². The standard InChI is InChI=1S/C10H20N2O/c1-9(2)8-12-5-4-10(13)11(3)6-7-12/h9H,4-8H2,1-3H3. The number of likely N-dealkylation sites (N-methyl/N-ethyl adjacent to an activating group) is 1. The first-order valence-corrected chi connectivity index (χ1v) is 5.06. The van der Waals surface area contributed by atoms with Crippen molar-refractivity contribution in [3.05, 3.63) is 0 Å². The van der Waals surface area contributed by atoms with Crippen LogP contribution in [0.5, 0.6) is 0 Å². The highest BCUT2D eigenvalue weighted by atomic mass is 16.2. The fourth-order valence-electron chi connectivity index (χ4n) is 1.67. The van der Waals surface area contributed by atoms with Gasteiger partial charge in [-0.2, -0.15) is 0 Å². The second kappa shape index (κ2) is 4.61. The molecule has 0 spiro atoms. The third-order valence-corrected chi connectivity index (χ3v) is 2.44. The maximum absolute atomic E-state index is 11.3. The Morgan fingerprint density at radius 2 is 2.00 bits per heavy atom. The minimum atomic E-state index is 0.284. The van der Waals surface area contributed by atoms with Gasteiger partial charge in [0.1, 0.15) is 0 Å². The van der Waals surface area contributed by atoms with Crippen molar-refractivity contribution in [2.45, 2.75) is 20.3 Å². The minimum Gasteiger partial charge on any atom is -0.344 e. The van der Waals surface area contributed by atoms with Crippen LogP contribution in [0.2, 0.25) is 0 Å². The van der Waals surface area contributed by atoms with Crippen LogP contribution in [0, 0.1) is 5.92 Å². The van der Waals surface area contributed by atoms with Crippen LogP contribution in [0.25, 0.3) is 0 Å². The Morgan fingerprint density at radius 3 is 2.62 bits per heavy atom. The lowest BCUT2D eigenvalue weighted by Crippen LogP contribution is -2.32. The number of amides is 1. The Labute approximate surface area is 80.7 Å². The zero-order valence-electron chi connectivity index (χ0n) is 8.92. The van der Waals surface area contributed by atoms with E-state index in [9.17, 15) is 4.79 Å². The molecule has 0 aromatic carbocycles. The number of carbonyl (C=O) groups excluding carboxylic acids is 1. The molecular formula is C10H20N2O. The van der Waals surface area contributed by atoms with E-state index in [1.165, 1.54) is 0 Å². The summed E-state index contributed by atoms with van der Waals surface area (Å²) < 4.78 is 0. The maximum Gasteiger partial charge on any atom is 0.223 e. The lowest BCUT2D eigenvalue weighted by Gasteiger charge is -2.21. The summed E-state index contributed by atoms with van der Waals surface area (Å²) in [6.45, 7) is 8.39. The molecule has 1 rings (SSSR count). The Bertz CT molecular complexity index is 180. The molecule has 1 amide bonds. The summed E-state index contributed by atoms with van der Waals surface area (Å²) in [5.41, 5.74) is 0. The third kappa shape index (κ3) is 3.35. The van der Waals surface area contributed by atoms with Crippen molar-refractivity contribution in [2.24, 2.45) is 5.92 Å². The Morgan fingerprint density at radius 1 is 1.31 bits per heavy atom. The number of hydrogen-bond acceptors (Lipinski definition) is 2. The van der Waals surface area contributed by atoms with E-state index in [1.807, 2.05) is 11.9 Å². The van der Waals surface area contributed by atoms with Crippen LogP contribution in [0.3, 0.4) is 0 Å². The average molecular weight is 184 g/mol. The summed E-state index contributed by atoms with van der Waals surface area (Å²) in [5, 5.41) is 0. The quantitative estimate of drug-likeness (QED) is 0.634. The second-order valence-corrected chi connectivity index (χ2v) is 4.26. The first kappa shape index (κ1) is 10.5. The van der Waals surface area contributed by atoms with Gasteiger partial charge in [-0.1, -0.05) is 13.8 Å². The van der Waals surface area contributed by atoms with E-state index in [0.29, 0.717) is 12.3 Å². The molecule has 0 aliphatic carbocycles. The van der Waals surface area contributed by atoms with E-state index in [4.69, 9.17) is 0 Å². The lowest BCUT2D eigenvalue weighted by molar-refractivity contribution is -0.129. The van der Waals surface area contributed by atoms with E-state index < -0.39 is 0 Å². The van der Waals surface area contributed by atoms with Crippen molar-refractivity contribution in [1.82, 2.24) is 9.80 Å². The predicted molar refractivity (Wildman–Crippen MR) is 53.5 cm³/mol. The van der Waals surface area contributed by atoms with Gasteiger partial charge in [0.15, 0.2) is 0 Å². The van der Waals surface area contributed by atoms with Crippen molar-refractivity contribution in [3.8, 4) is 0 Å². The summed E-state index contributed by atoms with van der Waals surface area (Å²) in [6.07, 6.45) is 0.684. The van der Waals surface area contributed by atoms with E-state index >= 15 is 0 Å². The SMILES string of the molecule is CC(C)CN1CCC(=O)N(C)CC1. The summed E-state index contributed by atoms with van der Waals surface area (Å²) in [5.74, 6) is 0.977. The molecule has 3 heteroatoms. The van der Waals surface area contributed by atoms with E-state index in [-0.39, 0.29) is 5.91 Å². The molecule has 1 aliphatic heterocycles. The average Bonchev–Trinajstić information content (AvgIpc) is 2.19. The fraction of sp³-hybridized carbons (Fsp3) is 0.900.